The van der Waals surface area contributed by atoms with Crippen LogP contribution < -0.4 is 11.5 Å². The molecule has 1 aromatic rings. The van der Waals surface area contributed by atoms with E-state index in [4.69, 9.17) is 11.5 Å². The van der Waals surface area contributed by atoms with Crippen molar-refractivity contribution in [2.45, 2.75) is 18.4 Å². The molecular weight excluding hydrogens is 136 g/mol. The van der Waals surface area contributed by atoms with Crippen LogP contribution in [-0.2, 0) is 5.54 Å². The van der Waals surface area contributed by atoms with Gasteiger partial charge < -0.3 is 11.5 Å². The maximum absolute atomic E-state index is 5.98. The fourth-order valence-electron chi connectivity index (χ4n) is 1.27. The van der Waals surface area contributed by atoms with Crippen LogP contribution in [0.4, 0.5) is 5.69 Å². The second kappa shape index (κ2) is 1.98. The van der Waals surface area contributed by atoms with Gasteiger partial charge in [0.25, 0.3) is 0 Å². The van der Waals surface area contributed by atoms with Gasteiger partial charge in [0, 0.05) is 11.2 Å². The first-order valence-electron chi connectivity index (χ1n) is 3.86. The average Bonchev–Trinajstić information content (AvgIpc) is 2.70. The van der Waals surface area contributed by atoms with Crippen molar-refractivity contribution >= 4 is 5.69 Å². The second-order valence-corrected chi connectivity index (χ2v) is 3.28. The number of rotatable bonds is 1. The van der Waals surface area contributed by atoms with Gasteiger partial charge in [-0.25, -0.2) is 0 Å². The Balaban J connectivity index is 2.38. The first-order chi connectivity index (χ1) is 5.21. The summed E-state index contributed by atoms with van der Waals surface area (Å²) in [5, 5.41) is 0. The molecular formula is C9H12N2. The van der Waals surface area contributed by atoms with Crippen LogP contribution in [0.2, 0.25) is 0 Å². The fourth-order valence-corrected chi connectivity index (χ4v) is 1.27. The van der Waals surface area contributed by atoms with E-state index in [0.717, 1.165) is 18.5 Å². The molecule has 0 amide bonds. The standard InChI is InChI=1S/C9H12N2/c10-8-3-1-2-7(6-8)9(11)4-5-9/h1-3,6H,4-5,10-11H2. The van der Waals surface area contributed by atoms with Gasteiger partial charge in [-0.2, -0.15) is 0 Å². The molecule has 2 nitrogen and oxygen atoms in total. The third-order valence-corrected chi connectivity index (χ3v) is 2.25. The molecule has 4 N–H and O–H groups in total. The summed E-state index contributed by atoms with van der Waals surface area (Å²) in [6.07, 6.45) is 2.19. The van der Waals surface area contributed by atoms with Crippen molar-refractivity contribution in [1.82, 2.24) is 0 Å². The van der Waals surface area contributed by atoms with Crippen LogP contribution in [0.15, 0.2) is 24.3 Å². The molecule has 1 aromatic carbocycles. The zero-order valence-electron chi connectivity index (χ0n) is 6.38. The summed E-state index contributed by atoms with van der Waals surface area (Å²) in [4.78, 5) is 0. The molecule has 0 radical (unpaired) electrons. The molecule has 0 aromatic heterocycles. The minimum Gasteiger partial charge on any atom is -0.399 e. The van der Waals surface area contributed by atoms with E-state index in [-0.39, 0.29) is 5.54 Å². The smallest absolute Gasteiger partial charge is 0.0412 e. The van der Waals surface area contributed by atoms with Gasteiger partial charge in [0.05, 0.1) is 0 Å². The van der Waals surface area contributed by atoms with Crippen LogP contribution >= 0.6 is 0 Å². The molecule has 0 saturated heterocycles. The van der Waals surface area contributed by atoms with Crippen molar-refractivity contribution in [2.75, 3.05) is 5.73 Å². The molecule has 0 atom stereocenters. The predicted molar refractivity (Wildman–Crippen MR) is 46.0 cm³/mol. The van der Waals surface area contributed by atoms with E-state index in [1.54, 1.807) is 0 Å². The summed E-state index contributed by atoms with van der Waals surface area (Å²) >= 11 is 0. The second-order valence-electron chi connectivity index (χ2n) is 3.28. The van der Waals surface area contributed by atoms with E-state index < -0.39 is 0 Å². The van der Waals surface area contributed by atoms with Gasteiger partial charge in [-0.3, -0.25) is 0 Å². The summed E-state index contributed by atoms with van der Waals surface area (Å²) < 4.78 is 0. The average molecular weight is 148 g/mol. The highest BCUT2D eigenvalue weighted by molar-refractivity contribution is 5.44. The van der Waals surface area contributed by atoms with Crippen molar-refractivity contribution in [1.29, 1.82) is 0 Å². The third kappa shape index (κ3) is 1.10. The zero-order chi connectivity index (χ0) is 7.90. The van der Waals surface area contributed by atoms with E-state index in [1.165, 1.54) is 5.56 Å². The Labute approximate surface area is 66.2 Å². The van der Waals surface area contributed by atoms with Crippen molar-refractivity contribution < 1.29 is 0 Å². The lowest BCUT2D eigenvalue weighted by Gasteiger charge is -2.08. The Bertz CT molecular complexity index is 277. The number of benzene rings is 1. The van der Waals surface area contributed by atoms with Crippen molar-refractivity contribution in [3.05, 3.63) is 29.8 Å². The number of hydrogen-bond donors (Lipinski definition) is 2. The molecule has 0 spiro atoms. The molecule has 11 heavy (non-hydrogen) atoms. The maximum atomic E-state index is 5.98. The highest BCUT2D eigenvalue weighted by Crippen LogP contribution is 2.42. The lowest BCUT2D eigenvalue weighted by Crippen LogP contribution is -2.18. The molecule has 1 fully saturated rings. The first-order valence-corrected chi connectivity index (χ1v) is 3.86. The van der Waals surface area contributed by atoms with E-state index in [1.807, 2.05) is 24.3 Å². The van der Waals surface area contributed by atoms with Gasteiger partial charge >= 0.3 is 0 Å². The summed E-state index contributed by atoms with van der Waals surface area (Å²) in [6, 6.07) is 7.85. The van der Waals surface area contributed by atoms with E-state index in [2.05, 4.69) is 0 Å². The zero-order valence-corrected chi connectivity index (χ0v) is 6.38. The van der Waals surface area contributed by atoms with Gasteiger partial charge in [-0.1, -0.05) is 12.1 Å². The van der Waals surface area contributed by atoms with Crippen molar-refractivity contribution in [3.63, 3.8) is 0 Å². The molecule has 0 unspecified atom stereocenters. The highest BCUT2D eigenvalue weighted by Gasteiger charge is 2.39. The van der Waals surface area contributed by atoms with E-state index >= 15 is 0 Å². The number of anilines is 1. The van der Waals surface area contributed by atoms with Gasteiger partial charge in [-0.05, 0) is 30.5 Å². The number of nitrogen functional groups attached to an aromatic ring is 1. The molecule has 0 heterocycles. The Morgan fingerprint density at radius 2 is 2.00 bits per heavy atom. The monoisotopic (exact) mass is 148 g/mol. The normalized spacial score (nSPS) is 19.7. The van der Waals surface area contributed by atoms with Crippen molar-refractivity contribution in [2.24, 2.45) is 5.73 Å². The molecule has 2 heteroatoms. The Morgan fingerprint density at radius 1 is 1.27 bits per heavy atom. The molecule has 1 aliphatic carbocycles. The SMILES string of the molecule is Nc1cccc(C2(N)CC2)c1. The summed E-state index contributed by atoms with van der Waals surface area (Å²) in [7, 11) is 0. The highest BCUT2D eigenvalue weighted by atomic mass is 14.8. The summed E-state index contributed by atoms with van der Waals surface area (Å²) in [5.41, 5.74) is 13.5. The van der Waals surface area contributed by atoms with Crippen LogP contribution in [0, 0.1) is 0 Å². The van der Waals surface area contributed by atoms with Crippen LogP contribution in [0.1, 0.15) is 18.4 Å². The third-order valence-electron chi connectivity index (χ3n) is 2.25. The van der Waals surface area contributed by atoms with Crippen LogP contribution in [0.25, 0.3) is 0 Å². The maximum Gasteiger partial charge on any atom is 0.0412 e. The summed E-state index contributed by atoms with van der Waals surface area (Å²) in [6.45, 7) is 0. The lowest BCUT2D eigenvalue weighted by atomic mass is 10.1. The van der Waals surface area contributed by atoms with Gasteiger partial charge in [0.1, 0.15) is 0 Å². The Kier molecular flexibility index (Phi) is 1.20. The van der Waals surface area contributed by atoms with Gasteiger partial charge in [0.15, 0.2) is 0 Å². The largest absolute Gasteiger partial charge is 0.399 e. The molecule has 1 aliphatic rings. The predicted octanol–water partition coefficient (Wildman–Crippen LogP) is 1.22. The van der Waals surface area contributed by atoms with E-state index in [0.29, 0.717) is 0 Å². The van der Waals surface area contributed by atoms with Gasteiger partial charge in [0.2, 0.25) is 0 Å². The minimum atomic E-state index is -0.0462. The fraction of sp³-hybridized carbons (Fsp3) is 0.333. The lowest BCUT2D eigenvalue weighted by molar-refractivity contribution is 0.740. The quantitative estimate of drug-likeness (QED) is 0.588. The molecule has 58 valence electrons. The van der Waals surface area contributed by atoms with Crippen LogP contribution in [-0.4, -0.2) is 0 Å². The minimum absolute atomic E-state index is 0.0462. The Morgan fingerprint density at radius 3 is 2.55 bits per heavy atom. The summed E-state index contributed by atoms with van der Waals surface area (Å²) in [5.74, 6) is 0. The van der Waals surface area contributed by atoms with Crippen molar-refractivity contribution in [3.8, 4) is 0 Å². The molecule has 0 aliphatic heterocycles. The number of hydrogen-bond acceptors (Lipinski definition) is 2. The molecule has 1 saturated carbocycles. The number of nitrogens with two attached hydrogens (primary N) is 2. The Hall–Kier alpha value is -1.02. The van der Waals surface area contributed by atoms with Gasteiger partial charge in [-0.15, -0.1) is 0 Å². The topological polar surface area (TPSA) is 52.0 Å². The van der Waals surface area contributed by atoms with Crippen LogP contribution in [0.3, 0.4) is 0 Å². The van der Waals surface area contributed by atoms with E-state index in [9.17, 15) is 0 Å². The van der Waals surface area contributed by atoms with Crippen LogP contribution in [0.5, 0.6) is 0 Å². The first kappa shape index (κ1) is 6.68. The molecule has 2 rings (SSSR count). The molecule has 0 bridgehead atoms.